The first-order valence-electron chi connectivity index (χ1n) is 6.91. The Morgan fingerprint density at radius 3 is 2.35 bits per heavy atom. The second-order valence-corrected chi connectivity index (χ2v) is 8.22. The maximum atomic E-state index is 12.2. The third-order valence-corrected chi connectivity index (χ3v) is 4.55. The van der Waals surface area contributed by atoms with Crippen LogP contribution in [0.5, 0.6) is 0 Å². The van der Waals surface area contributed by atoms with Gasteiger partial charge >= 0.3 is 5.97 Å². The third kappa shape index (κ3) is 7.04. The average Bonchev–Trinajstić information content (AvgIpc) is 2.49. The summed E-state index contributed by atoms with van der Waals surface area (Å²) < 4.78 is 27.2. The molecule has 0 saturated carbocycles. The fourth-order valence-electron chi connectivity index (χ4n) is 1.92. The van der Waals surface area contributed by atoms with Gasteiger partial charge in [-0.1, -0.05) is 12.1 Å². The van der Waals surface area contributed by atoms with Crippen molar-refractivity contribution in [3.8, 4) is 0 Å². The summed E-state index contributed by atoms with van der Waals surface area (Å²) in [5, 5.41) is 2.64. The highest BCUT2D eigenvalue weighted by Crippen LogP contribution is 2.09. The van der Waals surface area contributed by atoms with Crippen LogP contribution in [0.3, 0.4) is 0 Å². The summed E-state index contributed by atoms with van der Waals surface area (Å²) in [6.45, 7) is 0. The molecule has 8 heteroatoms. The van der Waals surface area contributed by atoms with Crippen LogP contribution in [0.1, 0.15) is 22.3 Å². The van der Waals surface area contributed by atoms with Gasteiger partial charge < -0.3 is 10.1 Å². The van der Waals surface area contributed by atoms with Gasteiger partial charge in [0.2, 0.25) is 0 Å². The summed E-state index contributed by atoms with van der Waals surface area (Å²) in [5.41, 5.74) is 0.969. The van der Waals surface area contributed by atoms with Gasteiger partial charge in [-0.2, -0.15) is 11.8 Å². The number of ether oxygens (including phenoxy) is 1. The average molecular weight is 359 g/mol. The lowest BCUT2D eigenvalue weighted by molar-refractivity contribution is -0.142. The van der Waals surface area contributed by atoms with Crippen molar-refractivity contribution in [3.63, 3.8) is 0 Å². The van der Waals surface area contributed by atoms with E-state index in [0.29, 0.717) is 23.3 Å². The molecular formula is C15H21NO5S2. The van der Waals surface area contributed by atoms with E-state index in [9.17, 15) is 18.0 Å². The van der Waals surface area contributed by atoms with Crippen LogP contribution in [0, 0.1) is 0 Å². The van der Waals surface area contributed by atoms with Gasteiger partial charge in [-0.05, 0) is 36.1 Å². The number of nitrogens with one attached hydrogen (secondary N) is 1. The molecule has 23 heavy (non-hydrogen) atoms. The molecular weight excluding hydrogens is 338 g/mol. The zero-order chi connectivity index (χ0) is 17.5. The molecule has 128 valence electrons. The molecule has 6 nitrogen and oxygen atoms in total. The molecule has 0 fully saturated rings. The van der Waals surface area contributed by atoms with Gasteiger partial charge in [0.05, 0.1) is 12.9 Å². The molecule has 0 aromatic heterocycles. The molecule has 1 rings (SSSR count). The zero-order valence-electron chi connectivity index (χ0n) is 13.4. The maximum Gasteiger partial charge on any atom is 0.328 e. The lowest BCUT2D eigenvalue weighted by Crippen LogP contribution is -2.41. The minimum absolute atomic E-state index is 0.0760. The summed E-state index contributed by atoms with van der Waals surface area (Å²) >= 11 is 1.57. The van der Waals surface area contributed by atoms with Crippen LogP contribution in [0.25, 0.3) is 0 Å². The summed E-state index contributed by atoms with van der Waals surface area (Å²) in [6, 6.07) is 5.56. The van der Waals surface area contributed by atoms with Crippen molar-refractivity contribution in [2.45, 2.75) is 18.2 Å². The fraction of sp³-hybridized carbons (Fsp3) is 0.467. The molecule has 0 saturated heterocycles. The van der Waals surface area contributed by atoms with E-state index in [4.69, 9.17) is 4.74 Å². The standard InChI is InChI=1S/C15H21NO5S2/c1-21-15(18)13(8-9-22-2)16-14(17)12-6-4-11(5-7-12)10-23(3,19)20/h4-7,13H,8-10H2,1-3H3,(H,16,17)/t13-/m0/s1. The fourth-order valence-corrected chi connectivity index (χ4v) is 3.19. The van der Waals surface area contributed by atoms with Crippen molar-refractivity contribution in [2.75, 3.05) is 25.4 Å². The van der Waals surface area contributed by atoms with Crippen molar-refractivity contribution in [1.82, 2.24) is 5.32 Å². The molecule has 0 radical (unpaired) electrons. The van der Waals surface area contributed by atoms with Crippen molar-refractivity contribution >= 4 is 33.5 Å². The third-order valence-electron chi connectivity index (χ3n) is 3.05. The number of benzene rings is 1. The number of thioether (sulfide) groups is 1. The summed E-state index contributed by atoms with van der Waals surface area (Å²) in [6.07, 6.45) is 3.54. The molecule has 0 aliphatic heterocycles. The van der Waals surface area contributed by atoms with E-state index in [-0.39, 0.29) is 5.75 Å². The highest BCUT2D eigenvalue weighted by molar-refractivity contribution is 7.98. The van der Waals surface area contributed by atoms with Gasteiger partial charge in [-0.15, -0.1) is 0 Å². The number of hydrogen-bond acceptors (Lipinski definition) is 6. The van der Waals surface area contributed by atoms with Gasteiger partial charge in [-0.25, -0.2) is 13.2 Å². The minimum atomic E-state index is -3.12. The van der Waals surface area contributed by atoms with Crippen molar-refractivity contribution < 1.29 is 22.7 Å². The number of carbonyl (C=O) groups is 2. The Labute approximate surface area is 140 Å². The maximum absolute atomic E-state index is 12.2. The first kappa shape index (κ1) is 19.5. The van der Waals surface area contributed by atoms with E-state index in [0.717, 1.165) is 6.26 Å². The highest BCUT2D eigenvalue weighted by atomic mass is 32.2. The summed E-state index contributed by atoms with van der Waals surface area (Å²) in [5.74, 6) is -0.241. The van der Waals surface area contributed by atoms with Gasteiger partial charge in [-0.3, -0.25) is 4.79 Å². The lowest BCUT2D eigenvalue weighted by Gasteiger charge is -2.16. The summed E-state index contributed by atoms with van der Waals surface area (Å²) in [7, 11) is -1.84. The number of rotatable bonds is 8. The molecule has 1 aromatic rings. The molecule has 1 atom stereocenters. The minimum Gasteiger partial charge on any atom is -0.467 e. The molecule has 0 unspecified atom stereocenters. The predicted octanol–water partition coefficient (Wildman–Crippen LogP) is 1.26. The number of amides is 1. The summed E-state index contributed by atoms with van der Waals surface area (Å²) in [4.78, 5) is 23.9. The molecule has 0 spiro atoms. The number of esters is 1. The Bertz CT molecular complexity index is 640. The molecule has 0 aliphatic rings. The van der Waals surface area contributed by atoms with Crippen molar-refractivity contribution in [1.29, 1.82) is 0 Å². The van der Waals surface area contributed by atoms with Crippen LogP contribution in [0.2, 0.25) is 0 Å². The molecule has 0 aliphatic carbocycles. The Balaban J connectivity index is 2.77. The predicted molar refractivity (Wildman–Crippen MR) is 91.3 cm³/mol. The van der Waals surface area contributed by atoms with Crippen LogP contribution < -0.4 is 5.32 Å². The normalized spacial score (nSPS) is 12.5. The number of sulfone groups is 1. The Morgan fingerprint density at radius 1 is 1.26 bits per heavy atom. The van der Waals surface area contributed by atoms with Gasteiger partial charge in [0.25, 0.3) is 5.91 Å². The number of methoxy groups -OCH3 is 1. The lowest BCUT2D eigenvalue weighted by atomic mass is 10.1. The van der Waals surface area contributed by atoms with Crippen LogP contribution in [-0.2, 0) is 25.1 Å². The van der Waals surface area contributed by atoms with E-state index >= 15 is 0 Å². The number of carbonyl (C=O) groups excluding carboxylic acids is 2. The van der Waals surface area contributed by atoms with Crippen molar-refractivity contribution in [2.24, 2.45) is 0 Å². The number of hydrogen-bond donors (Lipinski definition) is 1. The SMILES string of the molecule is COC(=O)[C@H](CCSC)NC(=O)c1ccc(CS(C)(=O)=O)cc1. The van der Waals surface area contributed by atoms with Crippen LogP contribution in [0.4, 0.5) is 0 Å². The highest BCUT2D eigenvalue weighted by Gasteiger charge is 2.21. The monoisotopic (exact) mass is 359 g/mol. The van der Waals surface area contributed by atoms with Gasteiger partial charge in [0, 0.05) is 11.8 Å². The first-order chi connectivity index (χ1) is 10.8. The zero-order valence-corrected chi connectivity index (χ0v) is 15.0. The Morgan fingerprint density at radius 2 is 1.87 bits per heavy atom. The van der Waals surface area contributed by atoms with Crippen molar-refractivity contribution in [3.05, 3.63) is 35.4 Å². The molecule has 1 N–H and O–H groups in total. The largest absolute Gasteiger partial charge is 0.467 e. The van der Waals surface area contributed by atoms with E-state index in [2.05, 4.69) is 5.32 Å². The smallest absolute Gasteiger partial charge is 0.328 e. The van der Waals surface area contributed by atoms with Crippen LogP contribution >= 0.6 is 11.8 Å². The van der Waals surface area contributed by atoms with E-state index in [1.807, 2.05) is 6.26 Å². The second kappa shape index (κ2) is 8.93. The van der Waals surface area contributed by atoms with E-state index in [1.54, 1.807) is 36.0 Å². The van der Waals surface area contributed by atoms with Gasteiger partial charge in [0.15, 0.2) is 9.84 Å². The quantitative estimate of drug-likeness (QED) is 0.703. The second-order valence-electron chi connectivity index (χ2n) is 5.10. The van der Waals surface area contributed by atoms with E-state index in [1.165, 1.54) is 7.11 Å². The van der Waals surface area contributed by atoms with Crippen LogP contribution in [-0.4, -0.2) is 51.7 Å². The van der Waals surface area contributed by atoms with Gasteiger partial charge in [0.1, 0.15) is 6.04 Å². The van der Waals surface area contributed by atoms with Crippen LogP contribution in [0.15, 0.2) is 24.3 Å². The molecule has 0 heterocycles. The first-order valence-corrected chi connectivity index (χ1v) is 10.4. The Kier molecular flexibility index (Phi) is 7.57. The molecule has 0 bridgehead atoms. The van der Waals surface area contributed by atoms with E-state index < -0.39 is 27.8 Å². The topological polar surface area (TPSA) is 89.5 Å². The Hall–Kier alpha value is -1.54. The molecule has 1 aromatic carbocycles. The molecule has 1 amide bonds.